The molecule has 1 saturated carbocycles. The molecule has 0 spiro atoms. The maximum atomic E-state index is 10.6. The zero-order chi connectivity index (χ0) is 11.1. The maximum absolute atomic E-state index is 10.6. The van der Waals surface area contributed by atoms with Gasteiger partial charge in [0.15, 0.2) is 5.58 Å². The second-order valence-corrected chi connectivity index (χ2v) is 3.85. The van der Waals surface area contributed by atoms with Gasteiger partial charge in [-0.15, -0.1) is 0 Å². The summed E-state index contributed by atoms with van der Waals surface area (Å²) in [6.07, 6.45) is 2.25. The number of hydrogen-bond donors (Lipinski definition) is 1. The first-order valence-corrected chi connectivity index (χ1v) is 5.04. The lowest BCUT2D eigenvalue weighted by atomic mass is 10.3. The number of nitro benzene ring substituents is 1. The van der Waals surface area contributed by atoms with E-state index in [1.807, 2.05) is 0 Å². The van der Waals surface area contributed by atoms with E-state index in [-0.39, 0.29) is 5.69 Å². The highest BCUT2D eigenvalue weighted by Gasteiger charge is 2.23. The number of nitro groups is 1. The summed E-state index contributed by atoms with van der Waals surface area (Å²) < 4.78 is 5.38. The van der Waals surface area contributed by atoms with Crippen LogP contribution in [0.25, 0.3) is 11.1 Å². The second-order valence-electron chi connectivity index (χ2n) is 3.85. The monoisotopic (exact) mass is 219 g/mol. The van der Waals surface area contributed by atoms with Crippen molar-refractivity contribution in [2.75, 3.05) is 5.32 Å². The van der Waals surface area contributed by atoms with Crippen LogP contribution in [-0.2, 0) is 0 Å². The Bertz CT molecular complexity index is 559. The largest absolute Gasteiger partial charge is 0.423 e. The van der Waals surface area contributed by atoms with E-state index in [1.54, 1.807) is 6.07 Å². The van der Waals surface area contributed by atoms with Crippen molar-refractivity contribution in [1.29, 1.82) is 0 Å². The van der Waals surface area contributed by atoms with E-state index in [0.717, 1.165) is 12.8 Å². The van der Waals surface area contributed by atoms with E-state index < -0.39 is 4.92 Å². The Morgan fingerprint density at radius 2 is 2.31 bits per heavy atom. The highest BCUT2D eigenvalue weighted by atomic mass is 16.6. The number of non-ortho nitro benzene ring substituents is 1. The van der Waals surface area contributed by atoms with E-state index in [9.17, 15) is 10.1 Å². The van der Waals surface area contributed by atoms with Crippen LogP contribution in [0.4, 0.5) is 11.7 Å². The molecule has 0 atom stereocenters. The molecule has 1 aromatic heterocycles. The average molecular weight is 219 g/mol. The fourth-order valence-corrected chi connectivity index (χ4v) is 1.49. The molecule has 0 saturated heterocycles. The Morgan fingerprint density at radius 1 is 1.50 bits per heavy atom. The molecular weight excluding hydrogens is 210 g/mol. The molecule has 1 fully saturated rings. The molecule has 6 nitrogen and oxygen atoms in total. The van der Waals surface area contributed by atoms with E-state index in [0.29, 0.717) is 23.2 Å². The molecule has 16 heavy (non-hydrogen) atoms. The highest BCUT2D eigenvalue weighted by molar-refractivity contribution is 5.77. The van der Waals surface area contributed by atoms with Gasteiger partial charge >= 0.3 is 0 Å². The number of nitrogens with one attached hydrogen (secondary N) is 1. The Labute approximate surface area is 90.4 Å². The van der Waals surface area contributed by atoms with Gasteiger partial charge in [-0.25, -0.2) is 0 Å². The number of oxazole rings is 1. The number of aromatic nitrogens is 1. The summed E-state index contributed by atoms with van der Waals surface area (Å²) in [4.78, 5) is 14.3. The topological polar surface area (TPSA) is 81.2 Å². The summed E-state index contributed by atoms with van der Waals surface area (Å²) in [5.41, 5.74) is 1.09. The van der Waals surface area contributed by atoms with Crippen molar-refractivity contribution in [1.82, 2.24) is 4.98 Å². The third-order valence-corrected chi connectivity index (χ3v) is 2.49. The molecule has 0 radical (unpaired) electrons. The highest BCUT2D eigenvalue weighted by Crippen LogP contribution is 2.28. The van der Waals surface area contributed by atoms with Crippen LogP contribution in [0.3, 0.4) is 0 Å². The summed E-state index contributed by atoms with van der Waals surface area (Å²) >= 11 is 0. The predicted molar refractivity (Wildman–Crippen MR) is 57.3 cm³/mol. The number of nitrogens with zero attached hydrogens (tertiary/aromatic N) is 2. The summed E-state index contributed by atoms with van der Waals surface area (Å²) in [5, 5.41) is 13.7. The third kappa shape index (κ3) is 1.58. The lowest BCUT2D eigenvalue weighted by molar-refractivity contribution is -0.384. The molecule has 1 aliphatic rings. The van der Waals surface area contributed by atoms with Gasteiger partial charge in [-0.2, -0.15) is 4.98 Å². The molecular formula is C10H9N3O3. The fourth-order valence-electron chi connectivity index (χ4n) is 1.49. The minimum Gasteiger partial charge on any atom is -0.423 e. The van der Waals surface area contributed by atoms with Crippen molar-refractivity contribution in [3.05, 3.63) is 28.3 Å². The van der Waals surface area contributed by atoms with Gasteiger partial charge in [0, 0.05) is 12.1 Å². The molecule has 1 N–H and O–H groups in total. The lowest BCUT2D eigenvalue weighted by Crippen LogP contribution is -1.99. The molecule has 0 amide bonds. The van der Waals surface area contributed by atoms with Crippen molar-refractivity contribution < 1.29 is 9.34 Å². The van der Waals surface area contributed by atoms with Crippen LogP contribution in [0.5, 0.6) is 0 Å². The quantitative estimate of drug-likeness (QED) is 0.632. The lowest BCUT2D eigenvalue weighted by Gasteiger charge is -1.93. The first-order chi connectivity index (χ1) is 7.72. The number of fused-ring (bicyclic) bond motifs is 1. The van der Waals surface area contributed by atoms with Gasteiger partial charge in [0.25, 0.3) is 11.7 Å². The zero-order valence-electron chi connectivity index (χ0n) is 8.34. The number of anilines is 1. The first-order valence-electron chi connectivity index (χ1n) is 5.04. The summed E-state index contributed by atoms with van der Waals surface area (Å²) in [6.45, 7) is 0. The second kappa shape index (κ2) is 3.19. The predicted octanol–water partition coefficient (Wildman–Crippen LogP) is 2.31. The van der Waals surface area contributed by atoms with Crippen LogP contribution in [0.15, 0.2) is 22.6 Å². The number of rotatable bonds is 3. The van der Waals surface area contributed by atoms with Crippen molar-refractivity contribution in [3.8, 4) is 0 Å². The van der Waals surface area contributed by atoms with Crippen LogP contribution in [-0.4, -0.2) is 15.9 Å². The maximum Gasteiger partial charge on any atom is 0.295 e. The normalized spacial score (nSPS) is 15.2. The van der Waals surface area contributed by atoms with Gasteiger partial charge in [-0.1, -0.05) is 0 Å². The van der Waals surface area contributed by atoms with Crippen molar-refractivity contribution in [2.24, 2.45) is 0 Å². The van der Waals surface area contributed by atoms with Gasteiger partial charge in [-0.05, 0) is 18.9 Å². The Kier molecular flexibility index (Phi) is 1.82. The van der Waals surface area contributed by atoms with Gasteiger partial charge in [0.2, 0.25) is 0 Å². The molecule has 1 aliphatic carbocycles. The molecule has 0 aliphatic heterocycles. The molecule has 0 unspecified atom stereocenters. The molecule has 3 rings (SSSR count). The van der Waals surface area contributed by atoms with Crippen LogP contribution >= 0.6 is 0 Å². The van der Waals surface area contributed by atoms with Crippen molar-refractivity contribution in [2.45, 2.75) is 18.9 Å². The Balaban J connectivity index is 1.99. The Morgan fingerprint density at radius 3 is 3.00 bits per heavy atom. The average Bonchev–Trinajstić information content (AvgIpc) is 2.96. The van der Waals surface area contributed by atoms with Gasteiger partial charge in [-0.3, -0.25) is 10.1 Å². The molecule has 1 heterocycles. The van der Waals surface area contributed by atoms with E-state index >= 15 is 0 Å². The van der Waals surface area contributed by atoms with Crippen LogP contribution in [0.1, 0.15) is 12.8 Å². The van der Waals surface area contributed by atoms with E-state index in [2.05, 4.69) is 10.3 Å². The third-order valence-electron chi connectivity index (χ3n) is 2.49. The number of benzene rings is 1. The molecule has 82 valence electrons. The van der Waals surface area contributed by atoms with E-state index in [4.69, 9.17) is 4.42 Å². The number of hydrogen-bond acceptors (Lipinski definition) is 5. The minimum absolute atomic E-state index is 0.0154. The van der Waals surface area contributed by atoms with Crippen molar-refractivity contribution >= 4 is 22.8 Å². The van der Waals surface area contributed by atoms with Crippen molar-refractivity contribution in [3.63, 3.8) is 0 Å². The smallest absolute Gasteiger partial charge is 0.295 e. The Hall–Kier alpha value is -2.11. The van der Waals surface area contributed by atoms with Crippen LogP contribution < -0.4 is 5.32 Å². The summed E-state index contributed by atoms with van der Waals surface area (Å²) in [5.74, 6) is 0. The minimum atomic E-state index is -0.448. The SMILES string of the molecule is O=[N+]([O-])c1ccc2nc(NC3CC3)oc2c1. The molecule has 0 bridgehead atoms. The van der Waals surface area contributed by atoms with E-state index in [1.165, 1.54) is 12.1 Å². The van der Waals surface area contributed by atoms with Crippen LogP contribution in [0, 0.1) is 10.1 Å². The fraction of sp³-hybridized carbons (Fsp3) is 0.300. The molecule has 6 heteroatoms. The summed E-state index contributed by atoms with van der Waals surface area (Å²) in [7, 11) is 0. The van der Waals surface area contributed by atoms with Gasteiger partial charge in [0.05, 0.1) is 11.0 Å². The zero-order valence-corrected chi connectivity index (χ0v) is 8.34. The van der Waals surface area contributed by atoms with Crippen LogP contribution in [0.2, 0.25) is 0 Å². The van der Waals surface area contributed by atoms with Gasteiger partial charge in [0.1, 0.15) is 5.52 Å². The molecule has 1 aromatic carbocycles. The first kappa shape index (κ1) is 9.14. The standard InChI is InChI=1S/C10H9N3O3/c14-13(15)7-3-4-8-9(5-7)16-10(12-8)11-6-1-2-6/h3-6H,1-2H2,(H,11,12). The molecule has 2 aromatic rings. The van der Waals surface area contributed by atoms with Gasteiger partial charge < -0.3 is 9.73 Å². The summed E-state index contributed by atoms with van der Waals surface area (Å²) in [6, 6.07) is 5.29.